The molecule has 1 atom stereocenters. The van der Waals surface area contributed by atoms with Gasteiger partial charge in [-0.15, -0.1) is 11.8 Å². The fraction of sp³-hybridized carbons (Fsp3) is 0.929. The quantitative estimate of drug-likeness (QED) is 0.780. The lowest BCUT2D eigenvalue weighted by atomic mass is 9.97. The van der Waals surface area contributed by atoms with E-state index in [1.165, 1.54) is 0 Å². The molecule has 2 aliphatic rings. The Bertz CT molecular complexity index is 323. The highest BCUT2D eigenvalue weighted by atomic mass is 32.2. The minimum absolute atomic E-state index is 0.140. The molecule has 108 valence electrons. The molecule has 0 bridgehead atoms. The molecule has 2 fully saturated rings. The maximum atomic E-state index is 9.30. The summed E-state index contributed by atoms with van der Waals surface area (Å²) in [5.74, 6) is 0. The van der Waals surface area contributed by atoms with E-state index in [-0.39, 0.29) is 4.75 Å². The monoisotopic (exact) mass is 283 g/mol. The highest BCUT2D eigenvalue weighted by Gasteiger charge is 2.34. The maximum Gasteiger partial charge on any atom is 0.104 e. The number of morpholine rings is 1. The van der Waals surface area contributed by atoms with E-state index in [1.54, 1.807) is 11.8 Å². The average molecular weight is 283 g/mol. The molecule has 2 saturated heterocycles. The Labute approximate surface area is 121 Å². The van der Waals surface area contributed by atoms with Crippen LogP contribution in [0.25, 0.3) is 0 Å². The van der Waals surface area contributed by atoms with Gasteiger partial charge >= 0.3 is 0 Å². The number of piperidine rings is 1. The van der Waals surface area contributed by atoms with Crippen LogP contribution in [0.5, 0.6) is 0 Å². The Kier molecular flexibility index (Phi) is 5.52. The Morgan fingerprint density at radius 3 is 2.63 bits per heavy atom. The van der Waals surface area contributed by atoms with Crippen molar-refractivity contribution in [2.75, 3.05) is 52.1 Å². The van der Waals surface area contributed by atoms with Gasteiger partial charge in [-0.1, -0.05) is 6.92 Å². The molecule has 0 spiro atoms. The lowest BCUT2D eigenvalue weighted by molar-refractivity contribution is -0.0440. The number of nitriles is 1. The molecular weight excluding hydrogens is 258 g/mol. The van der Waals surface area contributed by atoms with Gasteiger partial charge in [0.1, 0.15) is 4.75 Å². The van der Waals surface area contributed by atoms with Crippen LogP contribution in [-0.4, -0.2) is 72.8 Å². The summed E-state index contributed by atoms with van der Waals surface area (Å²) in [7, 11) is 0. The van der Waals surface area contributed by atoms with E-state index in [0.29, 0.717) is 6.10 Å². The number of nitrogens with zero attached hydrogens (tertiary/aromatic N) is 3. The topological polar surface area (TPSA) is 39.5 Å². The number of hydrogen-bond acceptors (Lipinski definition) is 5. The summed E-state index contributed by atoms with van der Waals surface area (Å²) in [6, 6.07) is 2.50. The number of likely N-dealkylation sites (N-methyl/N-ethyl adjacent to an activating group) is 1. The summed E-state index contributed by atoms with van der Waals surface area (Å²) in [4.78, 5) is 4.93. The number of hydrogen-bond donors (Lipinski definition) is 0. The second-order valence-electron chi connectivity index (χ2n) is 5.50. The van der Waals surface area contributed by atoms with Gasteiger partial charge in [-0.05, 0) is 25.6 Å². The van der Waals surface area contributed by atoms with Crippen molar-refractivity contribution in [2.24, 2.45) is 0 Å². The zero-order valence-corrected chi connectivity index (χ0v) is 12.9. The van der Waals surface area contributed by atoms with Crippen molar-refractivity contribution in [3.05, 3.63) is 0 Å². The molecular formula is C14H25N3OS. The Balaban J connectivity index is 1.78. The average Bonchev–Trinajstić information content (AvgIpc) is 2.48. The minimum atomic E-state index is -0.140. The Morgan fingerprint density at radius 2 is 2.05 bits per heavy atom. The molecule has 19 heavy (non-hydrogen) atoms. The number of rotatable bonds is 4. The highest BCUT2D eigenvalue weighted by Crippen LogP contribution is 2.33. The van der Waals surface area contributed by atoms with E-state index >= 15 is 0 Å². The number of thioether (sulfide) groups is 1. The highest BCUT2D eigenvalue weighted by molar-refractivity contribution is 8.00. The zero-order chi connectivity index (χ0) is 13.7. The van der Waals surface area contributed by atoms with E-state index in [9.17, 15) is 5.26 Å². The van der Waals surface area contributed by atoms with Gasteiger partial charge in [-0.3, -0.25) is 4.90 Å². The fourth-order valence-corrected chi connectivity index (χ4v) is 3.61. The van der Waals surface area contributed by atoms with Crippen LogP contribution >= 0.6 is 11.8 Å². The number of ether oxygens (including phenoxy) is 1. The molecule has 0 aromatic heterocycles. The van der Waals surface area contributed by atoms with Gasteiger partial charge in [0.25, 0.3) is 0 Å². The third-order valence-electron chi connectivity index (χ3n) is 4.39. The third kappa shape index (κ3) is 3.85. The maximum absolute atomic E-state index is 9.30. The molecule has 2 heterocycles. The first kappa shape index (κ1) is 15.1. The van der Waals surface area contributed by atoms with Gasteiger partial charge in [0.05, 0.1) is 18.8 Å². The fourth-order valence-electron chi connectivity index (χ4n) is 2.92. The first-order valence-corrected chi connectivity index (χ1v) is 8.46. The first-order chi connectivity index (χ1) is 9.21. The van der Waals surface area contributed by atoms with Crippen LogP contribution in [0.1, 0.15) is 19.8 Å². The SMILES string of the molecule is CCN1CCOC(CN2CCC(C#N)(SC)CC2)C1. The van der Waals surface area contributed by atoms with E-state index in [0.717, 1.165) is 58.7 Å². The summed E-state index contributed by atoms with van der Waals surface area (Å²) in [6.45, 7) is 9.38. The summed E-state index contributed by atoms with van der Waals surface area (Å²) in [5.41, 5.74) is 0. The predicted molar refractivity (Wildman–Crippen MR) is 79.4 cm³/mol. The van der Waals surface area contributed by atoms with Crippen molar-refractivity contribution < 1.29 is 4.74 Å². The third-order valence-corrected chi connectivity index (χ3v) is 5.67. The normalized spacial score (nSPS) is 29.0. The molecule has 0 aliphatic carbocycles. The van der Waals surface area contributed by atoms with E-state index in [1.807, 2.05) is 0 Å². The summed E-state index contributed by atoms with van der Waals surface area (Å²) < 4.78 is 5.72. The van der Waals surface area contributed by atoms with Crippen molar-refractivity contribution in [1.82, 2.24) is 9.80 Å². The predicted octanol–water partition coefficient (Wildman–Crippen LogP) is 1.43. The van der Waals surface area contributed by atoms with Gasteiger partial charge in [-0.2, -0.15) is 5.26 Å². The van der Waals surface area contributed by atoms with Crippen molar-refractivity contribution in [2.45, 2.75) is 30.6 Å². The standard InChI is InChI=1S/C14H25N3OS/c1-3-16-8-9-18-13(10-16)11-17-6-4-14(12-15,19-2)5-7-17/h13H,3-11H2,1-2H3. The van der Waals surface area contributed by atoms with E-state index in [2.05, 4.69) is 29.0 Å². The zero-order valence-electron chi connectivity index (χ0n) is 12.1. The number of likely N-dealkylation sites (tertiary alicyclic amines) is 1. The largest absolute Gasteiger partial charge is 0.374 e. The summed E-state index contributed by atoms with van der Waals surface area (Å²) in [6.07, 6.45) is 4.36. The Hall–Kier alpha value is -0.280. The van der Waals surface area contributed by atoms with Gasteiger partial charge in [0.2, 0.25) is 0 Å². The smallest absolute Gasteiger partial charge is 0.104 e. The molecule has 0 aromatic rings. The van der Waals surface area contributed by atoms with Crippen LogP contribution in [0.4, 0.5) is 0 Å². The molecule has 4 nitrogen and oxygen atoms in total. The molecule has 0 radical (unpaired) electrons. The van der Waals surface area contributed by atoms with Gasteiger partial charge < -0.3 is 9.64 Å². The van der Waals surface area contributed by atoms with Gasteiger partial charge in [0.15, 0.2) is 0 Å². The second-order valence-corrected chi connectivity index (χ2v) is 6.69. The molecule has 0 amide bonds. The lowest BCUT2D eigenvalue weighted by Crippen LogP contribution is -2.50. The van der Waals surface area contributed by atoms with Crippen LogP contribution in [0.3, 0.4) is 0 Å². The molecule has 0 aromatic carbocycles. The van der Waals surface area contributed by atoms with Gasteiger partial charge in [-0.25, -0.2) is 0 Å². The molecule has 0 N–H and O–H groups in total. The van der Waals surface area contributed by atoms with Crippen LogP contribution < -0.4 is 0 Å². The summed E-state index contributed by atoms with van der Waals surface area (Å²) >= 11 is 1.72. The van der Waals surface area contributed by atoms with E-state index < -0.39 is 0 Å². The first-order valence-electron chi connectivity index (χ1n) is 7.24. The lowest BCUT2D eigenvalue weighted by Gasteiger charge is -2.39. The molecule has 2 rings (SSSR count). The summed E-state index contributed by atoms with van der Waals surface area (Å²) in [5, 5.41) is 9.30. The van der Waals surface area contributed by atoms with Crippen molar-refractivity contribution in [1.29, 1.82) is 5.26 Å². The molecule has 0 saturated carbocycles. The van der Waals surface area contributed by atoms with Crippen LogP contribution in [0, 0.1) is 11.3 Å². The Morgan fingerprint density at radius 1 is 1.32 bits per heavy atom. The second kappa shape index (κ2) is 6.94. The van der Waals surface area contributed by atoms with E-state index in [4.69, 9.17) is 4.74 Å². The van der Waals surface area contributed by atoms with Crippen LogP contribution in [-0.2, 0) is 4.74 Å². The molecule has 5 heteroatoms. The van der Waals surface area contributed by atoms with Crippen molar-refractivity contribution in [3.8, 4) is 6.07 Å². The molecule has 2 aliphatic heterocycles. The minimum Gasteiger partial charge on any atom is -0.374 e. The van der Waals surface area contributed by atoms with Crippen molar-refractivity contribution >= 4 is 11.8 Å². The molecule has 1 unspecified atom stereocenters. The van der Waals surface area contributed by atoms with Crippen LogP contribution in [0.2, 0.25) is 0 Å². The van der Waals surface area contributed by atoms with Crippen molar-refractivity contribution in [3.63, 3.8) is 0 Å². The van der Waals surface area contributed by atoms with Gasteiger partial charge in [0, 0.05) is 32.7 Å². The van der Waals surface area contributed by atoms with Crippen LogP contribution in [0.15, 0.2) is 0 Å².